The van der Waals surface area contributed by atoms with E-state index in [1.165, 1.54) is 0 Å². The monoisotopic (exact) mass is 535 g/mol. The Hall–Kier alpha value is -3.35. The minimum Gasteiger partial charge on any atom is -0.466 e. The lowest BCUT2D eigenvalue weighted by atomic mass is 9.92. The summed E-state index contributed by atoms with van der Waals surface area (Å²) in [5.74, 6) is 0.175. The Kier molecular flexibility index (Phi) is 11.0. The second-order valence-corrected chi connectivity index (χ2v) is 11.0. The molecule has 1 unspecified atom stereocenters. The smallest absolute Gasteiger partial charge is 0.322 e. The molecule has 1 fully saturated rings. The number of piperidine rings is 1. The van der Waals surface area contributed by atoms with Gasteiger partial charge in [0.1, 0.15) is 0 Å². The molecule has 7 nitrogen and oxygen atoms in total. The fraction of sp³-hybridized carbons (Fsp3) is 0.531. The first-order valence-electron chi connectivity index (χ1n) is 14.3. The summed E-state index contributed by atoms with van der Waals surface area (Å²) in [6, 6.07) is 15.7. The molecule has 3 amide bonds. The van der Waals surface area contributed by atoms with Gasteiger partial charge in [0.05, 0.1) is 18.6 Å². The van der Waals surface area contributed by atoms with Gasteiger partial charge in [0, 0.05) is 31.7 Å². The molecule has 7 heteroatoms. The molecule has 212 valence electrons. The van der Waals surface area contributed by atoms with Gasteiger partial charge in [-0.3, -0.25) is 9.59 Å². The minimum absolute atomic E-state index is 0.000760. The molecule has 0 saturated carbocycles. The van der Waals surface area contributed by atoms with Gasteiger partial charge in [-0.2, -0.15) is 0 Å². The third-order valence-corrected chi connectivity index (χ3v) is 7.65. The van der Waals surface area contributed by atoms with Crippen molar-refractivity contribution in [2.75, 3.05) is 31.6 Å². The summed E-state index contributed by atoms with van der Waals surface area (Å²) in [5, 5.41) is 3.24. The fourth-order valence-electron chi connectivity index (χ4n) is 5.26. The molecule has 1 atom stereocenters. The number of carbonyl (C=O) groups is 3. The molecular weight excluding hydrogens is 490 g/mol. The van der Waals surface area contributed by atoms with Crippen molar-refractivity contribution in [2.24, 2.45) is 5.92 Å². The molecule has 3 rings (SSSR count). The number of amides is 3. The first-order chi connectivity index (χ1) is 18.6. The lowest BCUT2D eigenvalue weighted by molar-refractivity contribution is -0.151. The van der Waals surface area contributed by atoms with Crippen LogP contribution in [0.2, 0.25) is 0 Å². The van der Waals surface area contributed by atoms with Gasteiger partial charge in [0.25, 0.3) is 0 Å². The number of rotatable bonds is 10. The number of hydrogen-bond donors (Lipinski definition) is 1. The van der Waals surface area contributed by atoms with Crippen LogP contribution in [0, 0.1) is 5.92 Å². The Bertz CT molecular complexity index is 1080. The van der Waals surface area contributed by atoms with Crippen LogP contribution in [0.15, 0.2) is 48.5 Å². The van der Waals surface area contributed by atoms with Crippen LogP contribution >= 0.6 is 0 Å². The van der Waals surface area contributed by atoms with Crippen LogP contribution in [-0.4, -0.2) is 53.9 Å². The molecule has 0 spiro atoms. The van der Waals surface area contributed by atoms with Crippen molar-refractivity contribution >= 4 is 23.6 Å². The van der Waals surface area contributed by atoms with E-state index in [1.807, 2.05) is 42.2 Å². The topological polar surface area (TPSA) is 79.0 Å². The van der Waals surface area contributed by atoms with E-state index in [-0.39, 0.29) is 48.1 Å². The molecule has 1 saturated heterocycles. The van der Waals surface area contributed by atoms with Gasteiger partial charge in [0.15, 0.2) is 0 Å². The molecule has 0 radical (unpaired) electrons. The Morgan fingerprint density at radius 2 is 1.51 bits per heavy atom. The number of para-hydroxylation sites is 1. The predicted molar refractivity (Wildman–Crippen MR) is 156 cm³/mol. The Balaban J connectivity index is 1.77. The Morgan fingerprint density at radius 1 is 0.923 bits per heavy atom. The van der Waals surface area contributed by atoms with Gasteiger partial charge < -0.3 is 19.9 Å². The highest BCUT2D eigenvalue weighted by molar-refractivity contribution is 5.92. The molecule has 2 aromatic carbocycles. The van der Waals surface area contributed by atoms with Gasteiger partial charge in [-0.15, -0.1) is 0 Å². The first-order valence-corrected chi connectivity index (χ1v) is 14.3. The number of nitrogens with zero attached hydrogens (tertiary/aromatic N) is 2. The van der Waals surface area contributed by atoms with Crippen molar-refractivity contribution in [3.8, 4) is 0 Å². The van der Waals surface area contributed by atoms with E-state index in [4.69, 9.17) is 4.74 Å². The Morgan fingerprint density at radius 3 is 2.05 bits per heavy atom. The van der Waals surface area contributed by atoms with E-state index in [9.17, 15) is 14.4 Å². The molecule has 1 N–H and O–H groups in total. The van der Waals surface area contributed by atoms with Gasteiger partial charge >= 0.3 is 12.0 Å². The maximum Gasteiger partial charge on any atom is 0.322 e. The zero-order chi connectivity index (χ0) is 28.5. The number of benzene rings is 2. The second-order valence-electron chi connectivity index (χ2n) is 11.0. The van der Waals surface area contributed by atoms with Crippen LogP contribution in [0.5, 0.6) is 0 Å². The van der Waals surface area contributed by atoms with Crippen LogP contribution in [0.4, 0.5) is 10.5 Å². The molecule has 0 aromatic heterocycles. The van der Waals surface area contributed by atoms with Crippen molar-refractivity contribution in [1.82, 2.24) is 9.80 Å². The standard InChI is InChI=1S/C32H45N3O4/c1-7-39-31(37)26-16-19-34(20-17-26)29(36)18-21-35(24(6)25-12-9-8-10-13-25)32(38)33-30-27(22(2)3)14-11-15-28(30)23(4)5/h8-15,22-24,26H,7,16-21H2,1-6H3,(H,33,38). The highest BCUT2D eigenvalue weighted by Crippen LogP contribution is 2.33. The Labute approximate surface area is 233 Å². The quantitative estimate of drug-likeness (QED) is 0.343. The minimum atomic E-state index is -0.220. The molecule has 1 aliphatic heterocycles. The number of ether oxygens (including phenoxy) is 1. The summed E-state index contributed by atoms with van der Waals surface area (Å²) >= 11 is 0. The normalized spacial score (nSPS) is 14.8. The number of nitrogens with one attached hydrogen (secondary N) is 1. The summed E-state index contributed by atoms with van der Waals surface area (Å²) < 4.78 is 5.15. The number of esters is 1. The molecule has 1 aliphatic rings. The third-order valence-electron chi connectivity index (χ3n) is 7.65. The van der Waals surface area contributed by atoms with Crippen molar-refractivity contribution in [3.63, 3.8) is 0 Å². The molecule has 2 aromatic rings. The molecule has 0 aliphatic carbocycles. The summed E-state index contributed by atoms with van der Waals surface area (Å²) in [6.07, 6.45) is 1.44. The van der Waals surface area contributed by atoms with E-state index >= 15 is 0 Å². The van der Waals surface area contributed by atoms with Gasteiger partial charge in [-0.25, -0.2) is 4.79 Å². The largest absolute Gasteiger partial charge is 0.466 e. The van der Waals surface area contributed by atoms with Crippen LogP contribution in [0.1, 0.15) is 95.4 Å². The van der Waals surface area contributed by atoms with Gasteiger partial charge in [0.2, 0.25) is 5.91 Å². The zero-order valence-electron chi connectivity index (χ0n) is 24.4. The second kappa shape index (κ2) is 14.2. The number of hydrogen-bond acceptors (Lipinski definition) is 4. The van der Waals surface area contributed by atoms with Crippen molar-refractivity contribution in [3.05, 3.63) is 65.2 Å². The number of likely N-dealkylation sites (tertiary alicyclic amines) is 1. The predicted octanol–water partition coefficient (Wildman–Crippen LogP) is 6.72. The maximum absolute atomic E-state index is 13.9. The van der Waals surface area contributed by atoms with E-state index in [0.29, 0.717) is 39.1 Å². The zero-order valence-corrected chi connectivity index (χ0v) is 24.4. The number of carbonyl (C=O) groups excluding carboxylic acids is 3. The number of urea groups is 1. The van der Waals surface area contributed by atoms with E-state index in [1.54, 1.807) is 11.8 Å². The molecule has 39 heavy (non-hydrogen) atoms. The maximum atomic E-state index is 13.9. The van der Waals surface area contributed by atoms with Gasteiger partial charge in [-0.05, 0) is 55.2 Å². The highest BCUT2D eigenvalue weighted by atomic mass is 16.5. The van der Waals surface area contributed by atoms with E-state index in [0.717, 1.165) is 22.4 Å². The molecular formula is C32H45N3O4. The lowest BCUT2D eigenvalue weighted by Gasteiger charge is -2.33. The van der Waals surface area contributed by atoms with Crippen molar-refractivity contribution in [2.45, 2.75) is 78.7 Å². The van der Waals surface area contributed by atoms with E-state index in [2.05, 4.69) is 51.2 Å². The molecule has 0 bridgehead atoms. The average Bonchev–Trinajstić information content (AvgIpc) is 2.93. The average molecular weight is 536 g/mol. The van der Waals surface area contributed by atoms with E-state index < -0.39 is 0 Å². The van der Waals surface area contributed by atoms with Crippen LogP contribution in [-0.2, 0) is 14.3 Å². The third kappa shape index (κ3) is 7.84. The van der Waals surface area contributed by atoms with Crippen molar-refractivity contribution < 1.29 is 19.1 Å². The summed E-state index contributed by atoms with van der Waals surface area (Å²) in [6.45, 7) is 14.0. The summed E-state index contributed by atoms with van der Waals surface area (Å²) in [5.41, 5.74) is 4.08. The highest BCUT2D eigenvalue weighted by Gasteiger charge is 2.30. The van der Waals surface area contributed by atoms with Gasteiger partial charge in [-0.1, -0.05) is 76.2 Å². The SMILES string of the molecule is CCOC(=O)C1CCN(C(=O)CCN(C(=O)Nc2c(C(C)C)cccc2C(C)C)C(C)c2ccccc2)CC1. The fourth-order valence-corrected chi connectivity index (χ4v) is 5.26. The summed E-state index contributed by atoms with van der Waals surface area (Å²) in [4.78, 5) is 42.7. The van der Waals surface area contributed by atoms with Crippen molar-refractivity contribution in [1.29, 1.82) is 0 Å². The first kappa shape index (κ1) is 30.2. The van der Waals surface area contributed by atoms with Crippen LogP contribution in [0.25, 0.3) is 0 Å². The molecule has 1 heterocycles. The summed E-state index contributed by atoms with van der Waals surface area (Å²) in [7, 11) is 0. The van der Waals surface area contributed by atoms with Crippen LogP contribution in [0.3, 0.4) is 0 Å². The van der Waals surface area contributed by atoms with Crippen LogP contribution < -0.4 is 5.32 Å². The number of anilines is 1. The lowest BCUT2D eigenvalue weighted by Crippen LogP contribution is -2.43.